The minimum Gasteiger partial charge on any atom is -0.420 e. The van der Waals surface area contributed by atoms with E-state index in [9.17, 15) is 15.4 Å². The summed E-state index contributed by atoms with van der Waals surface area (Å²) in [7, 11) is 0. The molecule has 0 saturated heterocycles. The molecule has 1 atom stereocenters. The van der Waals surface area contributed by atoms with E-state index in [4.69, 9.17) is 10.5 Å². The summed E-state index contributed by atoms with van der Waals surface area (Å²) in [5.74, 6) is -0.290. The summed E-state index contributed by atoms with van der Waals surface area (Å²) in [6, 6.07) is 17.6. The van der Waals surface area contributed by atoms with Gasteiger partial charge in [0.05, 0.1) is 22.1 Å². The molecular weight excluding hydrogens is 346 g/mol. The van der Waals surface area contributed by atoms with E-state index in [2.05, 4.69) is 16.3 Å². The maximum absolute atomic E-state index is 10.9. The average Bonchev–Trinajstić information content (AvgIpc) is 3.11. The van der Waals surface area contributed by atoms with Crippen LogP contribution in [0.1, 0.15) is 17.0 Å². The number of allylic oxidation sites excluding steroid dienone is 1. The lowest BCUT2D eigenvalue weighted by Crippen LogP contribution is -2.21. The van der Waals surface area contributed by atoms with E-state index in [1.165, 1.54) is 12.1 Å². The van der Waals surface area contributed by atoms with E-state index in [1.54, 1.807) is 12.1 Å². The van der Waals surface area contributed by atoms with Gasteiger partial charge >= 0.3 is 0 Å². The van der Waals surface area contributed by atoms with Gasteiger partial charge in [-0.15, -0.1) is 5.10 Å². The van der Waals surface area contributed by atoms with E-state index in [1.807, 2.05) is 30.3 Å². The number of nitro benzene ring substituents is 1. The summed E-state index contributed by atoms with van der Waals surface area (Å²) >= 11 is 0. The van der Waals surface area contributed by atoms with Gasteiger partial charge in [0.15, 0.2) is 0 Å². The number of nitrogens with one attached hydrogen (secondary N) is 1. The smallest absolute Gasteiger partial charge is 0.269 e. The normalized spacial score (nSPS) is 15.6. The minimum atomic E-state index is -0.548. The molecule has 3 N–H and O–H groups in total. The van der Waals surface area contributed by atoms with Crippen LogP contribution in [-0.2, 0) is 0 Å². The number of hydrogen-bond acceptors (Lipinski definition) is 6. The molecule has 8 heteroatoms. The molecule has 0 aliphatic carbocycles. The Bertz CT molecular complexity index is 1090. The predicted octanol–water partition coefficient (Wildman–Crippen LogP) is 3.20. The summed E-state index contributed by atoms with van der Waals surface area (Å²) in [6.45, 7) is 0. The van der Waals surface area contributed by atoms with Crippen LogP contribution in [0.5, 0.6) is 5.88 Å². The molecule has 8 nitrogen and oxygen atoms in total. The van der Waals surface area contributed by atoms with Gasteiger partial charge in [-0.1, -0.05) is 42.5 Å². The maximum Gasteiger partial charge on any atom is 0.269 e. The highest BCUT2D eigenvalue weighted by Crippen LogP contribution is 2.45. The Morgan fingerprint density at radius 3 is 2.52 bits per heavy atom. The zero-order valence-corrected chi connectivity index (χ0v) is 13.9. The van der Waals surface area contributed by atoms with Crippen molar-refractivity contribution in [2.75, 3.05) is 0 Å². The zero-order valence-electron chi connectivity index (χ0n) is 13.9. The summed E-state index contributed by atoms with van der Waals surface area (Å²) in [5.41, 5.74) is 9.06. The first-order valence-electron chi connectivity index (χ1n) is 8.05. The topological polar surface area (TPSA) is 131 Å². The van der Waals surface area contributed by atoms with E-state index in [0.29, 0.717) is 16.8 Å². The van der Waals surface area contributed by atoms with E-state index in [0.717, 1.165) is 5.56 Å². The van der Waals surface area contributed by atoms with Crippen molar-refractivity contribution >= 4 is 5.69 Å². The van der Waals surface area contributed by atoms with Crippen molar-refractivity contribution in [3.05, 3.63) is 87.3 Å². The van der Waals surface area contributed by atoms with Gasteiger partial charge in [0.25, 0.3) is 5.69 Å². The minimum absolute atomic E-state index is 0.0283. The van der Waals surface area contributed by atoms with Crippen molar-refractivity contribution in [1.82, 2.24) is 10.2 Å². The molecule has 2 heterocycles. The second-order valence-corrected chi connectivity index (χ2v) is 5.96. The lowest BCUT2D eigenvalue weighted by Gasteiger charge is -2.24. The first-order valence-corrected chi connectivity index (χ1v) is 8.05. The van der Waals surface area contributed by atoms with Crippen LogP contribution >= 0.6 is 0 Å². The second-order valence-electron chi connectivity index (χ2n) is 5.96. The number of hydrogen-bond donors (Lipinski definition) is 2. The largest absolute Gasteiger partial charge is 0.420 e. The van der Waals surface area contributed by atoms with Crippen LogP contribution in [0.15, 0.2) is 66.1 Å². The highest BCUT2D eigenvalue weighted by atomic mass is 16.6. The van der Waals surface area contributed by atoms with Gasteiger partial charge in [0, 0.05) is 12.1 Å². The molecular formula is C19H13N5O3. The van der Waals surface area contributed by atoms with Crippen molar-refractivity contribution in [3.63, 3.8) is 0 Å². The fourth-order valence-corrected chi connectivity index (χ4v) is 3.19. The molecule has 2 aromatic carbocycles. The molecule has 1 aliphatic heterocycles. The lowest BCUT2D eigenvalue weighted by molar-refractivity contribution is -0.384. The van der Waals surface area contributed by atoms with Gasteiger partial charge in [0.1, 0.15) is 11.6 Å². The third kappa shape index (κ3) is 2.67. The number of non-ortho nitro benzene ring substituents is 1. The standard InChI is InChI=1S/C19H13N5O3/c20-10-14-15(11-6-8-13(9-7-11)24(25)26)16-17(12-4-2-1-3-5-12)22-23-19(16)27-18(14)21/h1-9,15H,21H2,(H,22,23). The van der Waals surface area contributed by atoms with E-state index in [-0.39, 0.29) is 23.0 Å². The highest BCUT2D eigenvalue weighted by molar-refractivity contribution is 5.70. The van der Waals surface area contributed by atoms with Crippen molar-refractivity contribution in [2.24, 2.45) is 5.73 Å². The van der Waals surface area contributed by atoms with Crippen molar-refractivity contribution < 1.29 is 9.66 Å². The Balaban J connectivity index is 1.91. The molecule has 132 valence electrons. The summed E-state index contributed by atoms with van der Waals surface area (Å²) in [6.07, 6.45) is 0. The predicted molar refractivity (Wildman–Crippen MR) is 96.4 cm³/mol. The zero-order chi connectivity index (χ0) is 19.0. The molecule has 0 saturated carbocycles. The van der Waals surface area contributed by atoms with Gasteiger partial charge in [-0.25, -0.2) is 0 Å². The molecule has 0 radical (unpaired) electrons. The SMILES string of the molecule is N#CC1=C(N)Oc2n[nH]c(-c3ccccc3)c2C1c1ccc([N+](=O)[O-])cc1. The maximum atomic E-state index is 10.9. The average molecular weight is 359 g/mol. The van der Waals surface area contributed by atoms with Crippen molar-refractivity contribution in [2.45, 2.75) is 5.92 Å². The molecule has 0 spiro atoms. The Kier molecular flexibility index (Phi) is 3.82. The molecule has 1 unspecified atom stereocenters. The number of H-pyrrole nitrogens is 1. The first-order chi connectivity index (χ1) is 13.1. The van der Waals surface area contributed by atoms with Gasteiger partial charge < -0.3 is 10.5 Å². The third-order valence-corrected chi connectivity index (χ3v) is 4.44. The first kappa shape index (κ1) is 16.4. The van der Waals surface area contributed by atoms with E-state index < -0.39 is 10.8 Å². The highest BCUT2D eigenvalue weighted by Gasteiger charge is 2.35. The number of aromatic amines is 1. The van der Waals surface area contributed by atoms with Crippen molar-refractivity contribution in [1.29, 1.82) is 5.26 Å². The Hall–Kier alpha value is -4.12. The number of nitrogens with zero attached hydrogens (tertiary/aromatic N) is 3. The molecule has 3 aromatic rings. The molecule has 0 amide bonds. The second kappa shape index (κ2) is 6.31. The number of benzene rings is 2. The number of rotatable bonds is 3. The van der Waals surface area contributed by atoms with Crippen LogP contribution in [-0.4, -0.2) is 15.1 Å². The fraction of sp³-hybridized carbons (Fsp3) is 0.0526. The van der Waals surface area contributed by atoms with Gasteiger partial charge in [-0.05, 0) is 11.1 Å². The molecule has 0 bridgehead atoms. The molecule has 0 fully saturated rings. The lowest BCUT2D eigenvalue weighted by atomic mass is 9.83. The fourth-order valence-electron chi connectivity index (χ4n) is 3.19. The van der Waals surface area contributed by atoms with Crippen LogP contribution in [0.3, 0.4) is 0 Å². The monoisotopic (exact) mass is 359 g/mol. The summed E-state index contributed by atoms with van der Waals surface area (Å²) < 4.78 is 5.54. The Morgan fingerprint density at radius 1 is 1.19 bits per heavy atom. The quantitative estimate of drug-likeness (QED) is 0.545. The summed E-state index contributed by atoms with van der Waals surface area (Å²) in [5, 5.41) is 27.7. The Labute approximate surface area is 153 Å². The molecule has 27 heavy (non-hydrogen) atoms. The van der Waals surface area contributed by atoms with Gasteiger partial charge in [0.2, 0.25) is 11.8 Å². The van der Waals surface area contributed by atoms with Gasteiger partial charge in [-0.2, -0.15) is 5.26 Å². The van der Waals surface area contributed by atoms with E-state index >= 15 is 0 Å². The van der Waals surface area contributed by atoms with Crippen LogP contribution in [0.4, 0.5) is 5.69 Å². The Morgan fingerprint density at radius 2 is 1.89 bits per heavy atom. The van der Waals surface area contributed by atoms with Crippen LogP contribution in [0.25, 0.3) is 11.3 Å². The number of aromatic nitrogens is 2. The molecule has 4 rings (SSSR count). The number of ether oxygens (including phenoxy) is 1. The number of nitrogens with two attached hydrogens (primary N) is 1. The van der Waals surface area contributed by atoms with Crippen LogP contribution in [0, 0.1) is 21.4 Å². The van der Waals surface area contributed by atoms with Gasteiger partial charge in [-0.3, -0.25) is 15.2 Å². The third-order valence-electron chi connectivity index (χ3n) is 4.44. The molecule has 1 aliphatic rings. The number of nitro groups is 1. The summed E-state index contributed by atoms with van der Waals surface area (Å²) in [4.78, 5) is 10.5. The number of fused-ring (bicyclic) bond motifs is 1. The van der Waals surface area contributed by atoms with Crippen LogP contribution in [0.2, 0.25) is 0 Å². The number of nitriles is 1. The van der Waals surface area contributed by atoms with Crippen LogP contribution < -0.4 is 10.5 Å². The van der Waals surface area contributed by atoms with Crippen molar-refractivity contribution in [3.8, 4) is 23.2 Å². The molecule has 1 aromatic heterocycles.